The fraction of sp³-hybridized carbons (Fsp3) is 0.364. The van der Waals surface area contributed by atoms with Crippen molar-refractivity contribution in [3.05, 3.63) is 24.2 Å². The number of aliphatic carboxylic acids is 1. The predicted octanol–water partition coefficient (Wildman–Crippen LogP) is 1.88. The van der Waals surface area contributed by atoms with Crippen molar-refractivity contribution in [2.24, 2.45) is 5.41 Å². The van der Waals surface area contributed by atoms with Crippen LogP contribution in [0, 0.1) is 5.41 Å². The van der Waals surface area contributed by atoms with Gasteiger partial charge < -0.3 is 9.52 Å². The number of carbonyl (C=O) groups is 1. The molecule has 5 heteroatoms. The van der Waals surface area contributed by atoms with Gasteiger partial charge >= 0.3 is 5.97 Å². The maximum Gasteiger partial charge on any atom is 0.309 e. The Bertz CT molecular complexity index is 498. The minimum Gasteiger partial charge on any atom is -0.481 e. The van der Waals surface area contributed by atoms with Gasteiger partial charge in [-0.25, -0.2) is 9.97 Å². The molecule has 0 bridgehead atoms. The highest BCUT2D eigenvalue weighted by molar-refractivity contribution is 5.74. The number of rotatable bonds is 3. The Morgan fingerprint density at radius 1 is 1.56 bits per heavy atom. The van der Waals surface area contributed by atoms with Crippen molar-refractivity contribution >= 4 is 17.2 Å². The van der Waals surface area contributed by atoms with Gasteiger partial charge in [-0.2, -0.15) is 0 Å². The van der Waals surface area contributed by atoms with Crippen LogP contribution < -0.4 is 0 Å². The van der Waals surface area contributed by atoms with Crippen molar-refractivity contribution < 1.29 is 14.3 Å². The molecule has 0 radical (unpaired) electrons. The van der Waals surface area contributed by atoms with Gasteiger partial charge in [-0.3, -0.25) is 4.79 Å². The van der Waals surface area contributed by atoms with E-state index in [-0.39, 0.29) is 6.42 Å². The van der Waals surface area contributed by atoms with Crippen LogP contribution in [0.5, 0.6) is 0 Å². The Morgan fingerprint density at radius 3 is 2.94 bits per heavy atom. The number of carboxylic acid groups (broad SMARTS) is 1. The lowest BCUT2D eigenvalue weighted by Crippen LogP contribution is -2.26. The SMILES string of the molecule is CC(C)(Cc1nc2cccnc2o1)C(=O)O. The third-order valence-corrected chi connectivity index (χ3v) is 2.38. The second-order valence-corrected chi connectivity index (χ2v) is 4.30. The van der Waals surface area contributed by atoms with Crippen LogP contribution in [0.15, 0.2) is 22.7 Å². The maximum atomic E-state index is 11.0. The molecule has 2 rings (SSSR count). The average molecular weight is 220 g/mol. The smallest absolute Gasteiger partial charge is 0.309 e. The summed E-state index contributed by atoms with van der Waals surface area (Å²) in [7, 11) is 0. The van der Waals surface area contributed by atoms with Gasteiger partial charge in [0.15, 0.2) is 5.89 Å². The molecule has 0 spiro atoms. The highest BCUT2D eigenvalue weighted by Gasteiger charge is 2.29. The Balaban J connectivity index is 2.32. The molecule has 0 aliphatic carbocycles. The highest BCUT2D eigenvalue weighted by Crippen LogP contribution is 2.23. The second kappa shape index (κ2) is 3.59. The summed E-state index contributed by atoms with van der Waals surface area (Å²) in [5.74, 6) is -0.469. The van der Waals surface area contributed by atoms with E-state index in [0.717, 1.165) is 0 Å². The Labute approximate surface area is 92.1 Å². The maximum absolute atomic E-state index is 11.0. The van der Waals surface area contributed by atoms with Gasteiger partial charge in [0.1, 0.15) is 5.52 Å². The van der Waals surface area contributed by atoms with Crippen molar-refractivity contribution in [3.63, 3.8) is 0 Å². The molecular weight excluding hydrogens is 208 g/mol. The van der Waals surface area contributed by atoms with E-state index in [4.69, 9.17) is 9.52 Å². The normalized spacial score (nSPS) is 11.9. The van der Waals surface area contributed by atoms with Gasteiger partial charge in [-0.15, -0.1) is 0 Å². The number of aromatic nitrogens is 2. The molecular formula is C11H12N2O3. The van der Waals surface area contributed by atoms with Crippen LogP contribution in [0.3, 0.4) is 0 Å². The molecule has 0 atom stereocenters. The number of fused-ring (bicyclic) bond motifs is 1. The van der Waals surface area contributed by atoms with Gasteiger partial charge in [0, 0.05) is 12.6 Å². The summed E-state index contributed by atoms with van der Waals surface area (Å²) in [6.07, 6.45) is 1.86. The largest absolute Gasteiger partial charge is 0.481 e. The van der Waals surface area contributed by atoms with Gasteiger partial charge in [0.05, 0.1) is 5.41 Å². The van der Waals surface area contributed by atoms with Crippen LogP contribution in [0.4, 0.5) is 0 Å². The molecule has 2 aromatic rings. The van der Waals surface area contributed by atoms with E-state index >= 15 is 0 Å². The molecule has 2 heterocycles. The fourth-order valence-corrected chi connectivity index (χ4v) is 1.34. The summed E-state index contributed by atoms with van der Waals surface area (Å²) < 4.78 is 5.37. The number of pyridine rings is 1. The van der Waals surface area contributed by atoms with E-state index in [1.807, 2.05) is 0 Å². The summed E-state index contributed by atoms with van der Waals surface area (Å²) >= 11 is 0. The topological polar surface area (TPSA) is 76.2 Å². The molecule has 0 amide bonds. The molecule has 84 valence electrons. The van der Waals surface area contributed by atoms with Gasteiger partial charge in [-0.05, 0) is 26.0 Å². The van der Waals surface area contributed by atoms with Crippen molar-refractivity contribution in [3.8, 4) is 0 Å². The average Bonchev–Trinajstić information content (AvgIpc) is 2.58. The molecule has 0 saturated heterocycles. The quantitative estimate of drug-likeness (QED) is 0.854. The Morgan fingerprint density at radius 2 is 2.31 bits per heavy atom. The number of carboxylic acids is 1. The van der Waals surface area contributed by atoms with Crippen molar-refractivity contribution in [2.75, 3.05) is 0 Å². The molecule has 2 aromatic heterocycles. The predicted molar refractivity (Wildman–Crippen MR) is 56.9 cm³/mol. The zero-order valence-electron chi connectivity index (χ0n) is 9.10. The van der Waals surface area contributed by atoms with Gasteiger partial charge in [0.25, 0.3) is 0 Å². The summed E-state index contributed by atoms with van der Waals surface area (Å²) in [5.41, 5.74) is 0.207. The van der Waals surface area contributed by atoms with E-state index in [2.05, 4.69) is 9.97 Å². The minimum absolute atomic E-state index is 0.249. The minimum atomic E-state index is -0.888. The lowest BCUT2D eigenvalue weighted by molar-refractivity contribution is -0.147. The first-order valence-corrected chi connectivity index (χ1v) is 4.93. The first-order chi connectivity index (χ1) is 7.49. The zero-order valence-corrected chi connectivity index (χ0v) is 9.10. The van der Waals surface area contributed by atoms with Crippen molar-refractivity contribution in [2.45, 2.75) is 20.3 Å². The molecule has 0 unspecified atom stereocenters. The lowest BCUT2D eigenvalue weighted by atomic mass is 9.90. The van der Waals surface area contributed by atoms with Gasteiger partial charge in [0.2, 0.25) is 5.71 Å². The number of hydrogen-bond donors (Lipinski definition) is 1. The van der Waals surface area contributed by atoms with Crippen molar-refractivity contribution in [1.82, 2.24) is 9.97 Å². The molecule has 0 aliphatic rings. The summed E-state index contributed by atoms with van der Waals surface area (Å²) in [6, 6.07) is 3.54. The summed E-state index contributed by atoms with van der Waals surface area (Å²) in [4.78, 5) is 19.1. The Kier molecular flexibility index (Phi) is 2.38. The van der Waals surface area contributed by atoms with Crippen molar-refractivity contribution in [1.29, 1.82) is 0 Å². The van der Waals surface area contributed by atoms with Crippen LogP contribution >= 0.6 is 0 Å². The lowest BCUT2D eigenvalue weighted by Gasteiger charge is -2.15. The molecule has 0 aromatic carbocycles. The van der Waals surface area contributed by atoms with Crippen LogP contribution in [0.2, 0.25) is 0 Å². The van der Waals surface area contributed by atoms with E-state index in [9.17, 15) is 4.79 Å². The zero-order chi connectivity index (χ0) is 11.8. The fourth-order valence-electron chi connectivity index (χ4n) is 1.34. The molecule has 0 aliphatic heterocycles. The number of nitrogens with zero attached hydrogens (tertiary/aromatic N) is 2. The van der Waals surface area contributed by atoms with E-state index in [0.29, 0.717) is 17.1 Å². The number of oxazole rings is 1. The second-order valence-electron chi connectivity index (χ2n) is 4.30. The summed E-state index contributed by atoms with van der Waals surface area (Å²) in [5, 5.41) is 8.99. The molecule has 0 fully saturated rings. The van der Waals surface area contributed by atoms with Crippen LogP contribution in [0.25, 0.3) is 11.2 Å². The Hall–Kier alpha value is -1.91. The van der Waals surface area contributed by atoms with Crippen LogP contribution in [0.1, 0.15) is 19.7 Å². The highest BCUT2D eigenvalue weighted by atomic mass is 16.4. The third kappa shape index (κ3) is 1.88. The van der Waals surface area contributed by atoms with E-state index in [1.165, 1.54) is 0 Å². The van der Waals surface area contributed by atoms with Crippen LogP contribution in [-0.4, -0.2) is 21.0 Å². The standard InChI is InChI=1S/C11H12N2O3/c1-11(2,10(14)15)6-8-13-7-4-3-5-12-9(7)16-8/h3-5H,6H2,1-2H3,(H,14,15). The van der Waals surface area contributed by atoms with E-state index in [1.54, 1.807) is 32.2 Å². The van der Waals surface area contributed by atoms with E-state index < -0.39 is 11.4 Å². The number of hydrogen-bond acceptors (Lipinski definition) is 4. The monoisotopic (exact) mass is 220 g/mol. The molecule has 16 heavy (non-hydrogen) atoms. The molecule has 0 saturated carbocycles. The van der Waals surface area contributed by atoms with Crippen LogP contribution in [-0.2, 0) is 11.2 Å². The first-order valence-electron chi connectivity index (χ1n) is 4.93. The summed E-state index contributed by atoms with van der Waals surface area (Å²) in [6.45, 7) is 3.27. The first kappa shape index (κ1) is 10.6. The van der Waals surface area contributed by atoms with Gasteiger partial charge in [-0.1, -0.05) is 0 Å². The molecule has 1 N–H and O–H groups in total. The molecule has 5 nitrogen and oxygen atoms in total. The third-order valence-electron chi connectivity index (χ3n) is 2.38.